The predicted molar refractivity (Wildman–Crippen MR) is 81.0 cm³/mol. The Morgan fingerprint density at radius 2 is 2.05 bits per heavy atom. The Hall–Kier alpha value is -1.06. The molecule has 1 heterocycles. The topological polar surface area (TPSA) is 41.1 Å². The molecule has 20 heavy (non-hydrogen) atoms. The van der Waals surface area contributed by atoms with E-state index in [2.05, 4.69) is 22.8 Å². The van der Waals surface area contributed by atoms with Crippen LogP contribution in [0.1, 0.15) is 37.7 Å². The molecule has 1 aromatic carbocycles. The zero-order valence-electron chi connectivity index (χ0n) is 11.6. The summed E-state index contributed by atoms with van der Waals surface area (Å²) in [5, 5.41) is 7.19. The summed E-state index contributed by atoms with van der Waals surface area (Å²) in [6.07, 6.45) is 5.58. The van der Waals surface area contributed by atoms with Crippen molar-refractivity contribution in [2.45, 2.75) is 43.6 Å². The fourth-order valence-electron chi connectivity index (χ4n) is 2.98. The Labute approximate surface area is 125 Å². The van der Waals surface area contributed by atoms with Crippen LogP contribution in [0.25, 0.3) is 0 Å². The van der Waals surface area contributed by atoms with Gasteiger partial charge in [0.1, 0.15) is 0 Å². The molecule has 0 bridgehead atoms. The van der Waals surface area contributed by atoms with Gasteiger partial charge in [0.05, 0.1) is 6.04 Å². The third kappa shape index (κ3) is 2.99. The number of benzene rings is 1. The number of piperidine rings is 1. The van der Waals surface area contributed by atoms with E-state index in [0.29, 0.717) is 0 Å². The van der Waals surface area contributed by atoms with Gasteiger partial charge in [0.2, 0.25) is 5.91 Å². The van der Waals surface area contributed by atoms with Crippen LogP contribution in [0.2, 0.25) is 5.02 Å². The Morgan fingerprint density at radius 3 is 2.65 bits per heavy atom. The molecule has 2 aliphatic rings. The van der Waals surface area contributed by atoms with E-state index in [1.807, 2.05) is 12.1 Å². The lowest BCUT2D eigenvalue weighted by molar-refractivity contribution is -0.123. The van der Waals surface area contributed by atoms with Crippen molar-refractivity contribution in [2.24, 2.45) is 0 Å². The standard InChI is InChI=1S/C16H21ClN2O/c17-13-6-4-12(5-7-13)16(8-9-16)11-19-15(20)14-3-1-2-10-18-14/h4-7,14,18H,1-3,8-11H2,(H,19,20). The van der Waals surface area contributed by atoms with Gasteiger partial charge < -0.3 is 10.6 Å². The van der Waals surface area contributed by atoms with Crippen molar-refractivity contribution in [3.63, 3.8) is 0 Å². The molecule has 0 spiro atoms. The number of hydrogen-bond acceptors (Lipinski definition) is 2. The molecular formula is C16H21ClN2O. The van der Waals surface area contributed by atoms with E-state index in [4.69, 9.17) is 11.6 Å². The number of carbonyl (C=O) groups is 1. The van der Waals surface area contributed by atoms with E-state index >= 15 is 0 Å². The molecule has 1 aliphatic heterocycles. The molecular weight excluding hydrogens is 272 g/mol. The van der Waals surface area contributed by atoms with E-state index in [9.17, 15) is 4.79 Å². The average Bonchev–Trinajstić information content (AvgIpc) is 3.27. The lowest BCUT2D eigenvalue weighted by Gasteiger charge is -2.24. The van der Waals surface area contributed by atoms with Crippen LogP contribution >= 0.6 is 11.6 Å². The molecule has 1 saturated heterocycles. The van der Waals surface area contributed by atoms with Crippen LogP contribution in [0.3, 0.4) is 0 Å². The first-order chi connectivity index (χ1) is 9.70. The Bertz CT molecular complexity index is 476. The third-order valence-corrected chi connectivity index (χ3v) is 4.79. The zero-order valence-corrected chi connectivity index (χ0v) is 12.4. The number of nitrogens with one attached hydrogen (secondary N) is 2. The molecule has 0 radical (unpaired) electrons. The van der Waals surface area contributed by atoms with Crippen molar-refractivity contribution in [3.8, 4) is 0 Å². The summed E-state index contributed by atoms with van der Waals surface area (Å²) < 4.78 is 0. The highest BCUT2D eigenvalue weighted by Crippen LogP contribution is 2.47. The van der Waals surface area contributed by atoms with Gasteiger partial charge in [0.15, 0.2) is 0 Å². The number of halogens is 1. The molecule has 2 N–H and O–H groups in total. The van der Waals surface area contributed by atoms with Crippen molar-refractivity contribution >= 4 is 17.5 Å². The van der Waals surface area contributed by atoms with Crippen LogP contribution in [0.15, 0.2) is 24.3 Å². The molecule has 1 atom stereocenters. The van der Waals surface area contributed by atoms with Crippen molar-refractivity contribution in [1.82, 2.24) is 10.6 Å². The number of carbonyl (C=O) groups excluding carboxylic acids is 1. The minimum Gasteiger partial charge on any atom is -0.354 e. The largest absolute Gasteiger partial charge is 0.354 e. The summed E-state index contributed by atoms with van der Waals surface area (Å²) in [4.78, 5) is 12.2. The predicted octanol–water partition coefficient (Wildman–Crippen LogP) is 2.63. The zero-order chi connectivity index (χ0) is 14.0. The Balaban J connectivity index is 1.57. The second kappa shape index (κ2) is 5.74. The normalized spacial score (nSPS) is 24.1. The molecule has 1 aromatic rings. The average molecular weight is 293 g/mol. The fourth-order valence-corrected chi connectivity index (χ4v) is 3.10. The second-order valence-electron chi connectivity index (χ2n) is 6.01. The van der Waals surface area contributed by atoms with Gasteiger partial charge in [0.25, 0.3) is 0 Å². The highest BCUT2D eigenvalue weighted by molar-refractivity contribution is 6.30. The van der Waals surface area contributed by atoms with Gasteiger partial charge in [-0.15, -0.1) is 0 Å². The Kier molecular flexibility index (Phi) is 3.99. The van der Waals surface area contributed by atoms with Crippen molar-refractivity contribution in [2.75, 3.05) is 13.1 Å². The SMILES string of the molecule is O=C(NCC1(c2ccc(Cl)cc2)CC1)C1CCCCN1. The van der Waals surface area contributed by atoms with Gasteiger partial charge in [-0.2, -0.15) is 0 Å². The molecule has 3 rings (SSSR count). The highest BCUT2D eigenvalue weighted by Gasteiger charge is 2.44. The second-order valence-corrected chi connectivity index (χ2v) is 6.44. The van der Waals surface area contributed by atoms with Crippen LogP contribution in [-0.2, 0) is 10.2 Å². The summed E-state index contributed by atoms with van der Waals surface area (Å²) in [6.45, 7) is 1.70. The van der Waals surface area contributed by atoms with Gasteiger partial charge in [-0.25, -0.2) is 0 Å². The lowest BCUT2D eigenvalue weighted by atomic mass is 9.95. The maximum absolute atomic E-state index is 12.2. The van der Waals surface area contributed by atoms with Crippen LogP contribution in [0.5, 0.6) is 0 Å². The van der Waals surface area contributed by atoms with Gasteiger partial charge in [-0.05, 0) is 49.9 Å². The smallest absolute Gasteiger partial charge is 0.237 e. The first-order valence-electron chi connectivity index (χ1n) is 7.47. The first-order valence-corrected chi connectivity index (χ1v) is 7.85. The van der Waals surface area contributed by atoms with Gasteiger partial charge in [-0.3, -0.25) is 4.79 Å². The monoisotopic (exact) mass is 292 g/mol. The summed E-state index contributed by atoms with van der Waals surface area (Å²) in [5.41, 5.74) is 1.44. The minimum absolute atomic E-state index is 0.00441. The third-order valence-electron chi connectivity index (χ3n) is 4.54. The summed E-state index contributed by atoms with van der Waals surface area (Å²) in [6, 6.07) is 8.04. The fraction of sp³-hybridized carbons (Fsp3) is 0.562. The molecule has 4 heteroatoms. The molecule has 0 aromatic heterocycles. The number of rotatable bonds is 4. The van der Waals surface area contributed by atoms with E-state index in [1.54, 1.807) is 0 Å². The van der Waals surface area contributed by atoms with E-state index < -0.39 is 0 Å². The van der Waals surface area contributed by atoms with Gasteiger partial charge in [0, 0.05) is 17.0 Å². The lowest BCUT2D eigenvalue weighted by Crippen LogP contribution is -2.48. The number of hydrogen-bond donors (Lipinski definition) is 2. The molecule has 1 aliphatic carbocycles. The number of amides is 1. The molecule has 108 valence electrons. The molecule has 2 fully saturated rings. The highest BCUT2D eigenvalue weighted by atomic mass is 35.5. The summed E-state index contributed by atoms with van der Waals surface area (Å²) in [5.74, 6) is 0.157. The van der Waals surface area contributed by atoms with Crippen molar-refractivity contribution in [1.29, 1.82) is 0 Å². The van der Waals surface area contributed by atoms with Crippen molar-refractivity contribution in [3.05, 3.63) is 34.9 Å². The molecule has 3 nitrogen and oxygen atoms in total. The van der Waals surface area contributed by atoms with E-state index in [-0.39, 0.29) is 17.4 Å². The van der Waals surface area contributed by atoms with Crippen molar-refractivity contribution < 1.29 is 4.79 Å². The van der Waals surface area contributed by atoms with Crippen LogP contribution in [-0.4, -0.2) is 25.0 Å². The Morgan fingerprint density at radius 1 is 1.30 bits per heavy atom. The van der Waals surface area contributed by atoms with E-state index in [0.717, 1.165) is 43.8 Å². The van der Waals surface area contributed by atoms with Gasteiger partial charge >= 0.3 is 0 Å². The molecule has 1 amide bonds. The van der Waals surface area contributed by atoms with E-state index in [1.165, 1.54) is 12.0 Å². The first kappa shape index (κ1) is 13.9. The molecule has 1 saturated carbocycles. The maximum Gasteiger partial charge on any atom is 0.237 e. The summed E-state index contributed by atoms with van der Waals surface area (Å²) in [7, 11) is 0. The van der Waals surface area contributed by atoms with Crippen LogP contribution < -0.4 is 10.6 Å². The van der Waals surface area contributed by atoms with Crippen LogP contribution in [0, 0.1) is 0 Å². The maximum atomic E-state index is 12.2. The molecule has 1 unspecified atom stereocenters. The summed E-state index contributed by atoms with van der Waals surface area (Å²) >= 11 is 5.93. The van der Waals surface area contributed by atoms with Gasteiger partial charge in [-0.1, -0.05) is 30.2 Å². The minimum atomic E-state index is 0.00441. The quantitative estimate of drug-likeness (QED) is 0.896. The van der Waals surface area contributed by atoms with Crippen LogP contribution in [0.4, 0.5) is 0 Å².